The van der Waals surface area contributed by atoms with Crippen molar-refractivity contribution >= 4 is 5.97 Å². The number of hydrogen-bond donors (Lipinski definition) is 1. The van der Waals surface area contributed by atoms with Gasteiger partial charge in [-0.3, -0.25) is 10.1 Å². The highest BCUT2D eigenvalue weighted by Crippen LogP contribution is 2.33. The Balaban J connectivity index is 2.90. The molecule has 4 nitrogen and oxygen atoms in total. The molecule has 0 saturated heterocycles. The van der Waals surface area contributed by atoms with Crippen LogP contribution >= 0.6 is 0 Å². The lowest BCUT2D eigenvalue weighted by Crippen LogP contribution is -2.61. The predicted octanol–water partition coefficient (Wildman–Crippen LogP) is 2.82. The van der Waals surface area contributed by atoms with E-state index in [0.29, 0.717) is 18.0 Å². The zero-order valence-electron chi connectivity index (χ0n) is 14.9. The predicted molar refractivity (Wildman–Crippen MR) is 87.3 cm³/mol. The Bertz CT molecular complexity index is 344. The number of carbonyl (C=O) groups is 1. The summed E-state index contributed by atoms with van der Waals surface area (Å²) in [6.45, 7) is 11.0. The Labute approximate surface area is 130 Å². The molecule has 4 heteroatoms. The zero-order chi connectivity index (χ0) is 16.2. The number of nitrogens with zero attached hydrogens (tertiary/aromatic N) is 1. The average Bonchev–Trinajstić information content (AvgIpc) is 2.44. The second kappa shape index (κ2) is 7.59. The van der Waals surface area contributed by atoms with Crippen molar-refractivity contribution in [2.24, 2.45) is 5.92 Å². The summed E-state index contributed by atoms with van der Waals surface area (Å²) >= 11 is 0. The molecule has 1 saturated carbocycles. The quantitative estimate of drug-likeness (QED) is 0.766. The SMILES string of the molecule is COC(=O)C1(NC(C)C)CCCC(N(C)C(C)C(C)C)C1. The van der Waals surface area contributed by atoms with Gasteiger partial charge < -0.3 is 9.64 Å². The van der Waals surface area contributed by atoms with Crippen molar-refractivity contribution in [3.05, 3.63) is 0 Å². The summed E-state index contributed by atoms with van der Waals surface area (Å²) in [6.07, 6.45) is 3.93. The molecule has 0 bridgehead atoms. The lowest BCUT2D eigenvalue weighted by atomic mass is 9.77. The maximum absolute atomic E-state index is 12.4. The number of rotatable bonds is 6. The molecule has 3 unspecified atom stereocenters. The van der Waals surface area contributed by atoms with E-state index >= 15 is 0 Å². The molecule has 3 atom stereocenters. The van der Waals surface area contributed by atoms with Crippen LogP contribution in [0.25, 0.3) is 0 Å². The van der Waals surface area contributed by atoms with Crippen LogP contribution in [0.4, 0.5) is 0 Å². The van der Waals surface area contributed by atoms with Crippen molar-refractivity contribution in [1.82, 2.24) is 10.2 Å². The van der Waals surface area contributed by atoms with Crippen molar-refractivity contribution in [2.75, 3.05) is 14.2 Å². The van der Waals surface area contributed by atoms with Crippen LogP contribution in [0.2, 0.25) is 0 Å². The Kier molecular flexibility index (Phi) is 6.67. The van der Waals surface area contributed by atoms with Crippen LogP contribution in [0.1, 0.15) is 60.3 Å². The third-order valence-electron chi connectivity index (χ3n) is 5.05. The van der Waals surface area contributed by atoms with Crippen molar-refractivity contribution in [1.29, 1.82) is 0 Å². The number of methoxy groups -OCH3 is 1. The van der Waals surface area contributed by atoms with E-state index in [1.165, 1.54) is 7.11 Å². The molecule has 21 heavy (non-hydrogen) atoms. The molecule has 124 valence electrons. The second-order valence-corrected chi connectivity index (χ2v) is 7.27. The maximum Gasteiger partial charge on any atom is 0.326 e. The van der Waals surface area contributed by atoms with Gasteiger partial charge in [0, 0.05) is 18.1 Å². The topological polar surface area (TPSA) is 41.6 Å². The van der Waals surface area contributed by atoms with Gasteiger partial charge in [-0.05, 0) is 59.4 Å². The van der Waals surface area contributed by atoms with Crippen molar-refractivity contribution in [3.8, 4) is 0 Å². The first kappa shape index (κ1) is 18.4. The van der Waals surface area contributed by atoms with Crippen LogP contribution in [0.5, 0.6) is 0 Å². The standard InChI is InChI=1S/C17H34N2O2/c1-12(2)14(5)19(6)15-9-8-10-17(11-15,16(20)21-7)18-13(3)4/h12-15,18H,8-11H2,1-7H3. The van der Waals surface area contributed by atoms with E-state index in [9.17, 15) is 4.79 Å². The highest BCUT2D eigenvalue weighted by atomic mass is 16.5. The number of carbonyl (C=O) groups excluding carboxylic acids is 1. The highest BCUT2D eigenvalue weighted by molar-refractivity contribution is 5.81. The van der Waals surface area contributed by atoms with Crippen molar-refractivity contribution in [2.45, 2.75) is 84.0 Å². The van der Waals surface area contributed by atoms with Crippen LogP contribution in [-0.4, -0.2) is 48.7 Å². The summed E-state index contributed by atoms with van der Waals surface area (Å²) < 4.78 is 5.11. The molecule has 0 radical (unpaired) electrons. The van der Waals surface area contributed by atoms with Gasteiger partial charge in [0.05, 0.1) is 7.11 Å². The minimum atomic E-state index is -0.517. The van der Waals surface area contributed by atoms with Gasteiger partial charge in [0.15, 0.2) is 0 Å². The molecule has 0 spiro atoms. The molecule has 0 aromatic rings. The summed E-state index contributed by atoms with van der Waals surface area (Å²) in [5.74, 6) is 0.508. The summed E-state index contributed by atoms with van der Waals surface area (Å²) in [4.78, 5) is 14.8. The summed E-state index contributed by atoms with van der Waals surface area (Å²) in [7, 11) is 3.69. The number of ether oxygens (including phenoxy) is 1. The van der Waals surface area contributed by atoms with Crippen LogP contribution in [-0.2, 0) is 9.53 Å². The molecule has 1 fully saturated rings. The van der Waals surface area contributed by atoms with Crippen molar-refractivity contribution < 1.29 is 9.53 Å². The van der Waals surface area contributed by atoms with E-state index < -0.39 is 5.54 Å². The molecule has 0 aliphatic heterocycles. The Morgan fingerprint density at radius 2 is 1.90 bits per heavy atom. The third-order valence-corrected chi connectivity index (χ3v) is 5.05. The third kappa shape index (κ3) is 4.43. The van der Waals surface area contributed by atoms with E-state index in [0.717, 1.165) is 25.7 Å². The Morgan fingerprint density at radius 1 is 1.29 bits per heavy atom. The fourth-order valence-electron chi connectivity index (χ4n) is 3.52. The van der Waals surface area contributed by atoms with Gasteiger partial charge in [0.2, 0.25) is 0 Å². The van der Waals surface area contributed by atoms with Gasteiger partial charge >= 0.3 is 5.97 Å². The number of hydrogen-bond acceptors (Lipinski definition) is 4. The molecule has 1 N–H and O–H groups in total. The first-order chi connectivity index (χ1) is 9.73. The lowest BCUT2D eigenvalue weighted by Gasteiger charge is -2.45. The summed E-state index contributed by atoms with van der Waals surface area (Å²) in [5.41, 5.74) is -0.517. The van der Waals surface area contributed by atoms with Gasteiger partial charge in [0.1, 0.15) is 5.54 Å². The fourth-order valence-corrected chi connectivity index (χ4v) is 3.52. The number of nitrogens with one attached hydrogen (secondary N) is 1. The molecular weight excluding hydrogens is 264 g/mol. The molecular formula is C17H34N2O2. The van der Waals surface area contributed by atoms with Crippen molar-refractivity contribution in [3.63, 3.8) is 0 Å². The molecule has 0 aromatic carbocycles. The van der Waals surface area contributed by atoms with Gasteiger partial charge in [-0.1, -0.05) is 13.8 Å². The van der Waals surface area contributed by atoms with E-state index in [-0.39, 0.29) is 12.0 Å². The first-order valence-electron chi connectivity index (χ1n) is 8.31. The normalized spacial score (nSPS) is 28.2. The average molecular weight is 298 g/mol. The van der Waals surface area contributed by atoms with E-state index in [1.807, 2.05) is 0 Å². The molecule has 1 aliphatic carbocycles. The summed E-state index contributed by atoms with van der Waals surface area (Å²) in [5, 5.41) is 3.50. The maximum atomic E-state index is 12.4. The minimum absolute atomic E-state index is 0.105. The van der Waals surface area contributed by atoms with Crippen LogP contribution in [0.3, 0.4) is 0 Å². The molecule has 0 amide bonds. The van der Waals surface area contributed by atoms with Gasteiger partial charge in [-0.2, -0.15) is 0 Å². The van der Waals surface area contributed by atoms with Crippen LogP contribution in [0, 0.1) is 5.92 Å². The van der Waals surface area contributed by atoms with E-state index in [2.05, 4.69) is 51.9 Å². The molecule has 0 heterocycles. The van der Waals surface area contributed by atoms with Gasteiger partial charge in [0.25, 0.3) is 0 Å². The lowest BCUT2D eigenvalue weighted by molar-refractivity contribution is -0.151. The van der Waals surface area contributed by atoms with Crippen LogP contribution in [0.15, 0.2) is 0 Å². The molecule has 0 aromatic heterocycles. The fraction of sp³-hybridized carbons (Fsp3) is 0.941. The Hall–Kier alpha value is -0.610. The molecule has 1 rings (SSSR count). The van der Waals surface area contributed by atoms with E-state index in [4.69, 9.17) is 4.74 Å². The second-order valence-electron chi connectivity index (χ2n) is 7.27. The van der Waals surface area contributed by atoms with Crippen LogP contribution < -0.4 is 5.32 Å². The zero-order valence-corrected chi connectivity index (χ0v) is 14.9. The summed E-state index contributed by atoms with van der Waals surface area (Å²) in [6, 6.07) is 1.22. The smallest absolute Gasteiger partial charge is 0.326 e. The van der Waals surface area contributed by atoms with E-state index in [1.54, 1.807) is 0 Å². The minimum Gasteiger partial charge on any atom is -0.468 e. The largest absolute Gasteiger partial charge is 0.468 e. The van der Waals surface area contributed by atoms with Gasteiger partial charge in [-0.15, -0.1) is 0 Å². The first-order valence-corrected chi connectivity index (χ1v) is 8.31. The Morgan fingerprint density at radius 3 is 2.38 bits per heavy atom. The monoisotopic (exact) mass is 298 g/mol. The number of esters is 1. The highest BCUT2D eigenvalue weighted by Gasteiger charge is 2.45. The molecule has 1 aliphatic rings. The van der Waals surface area contributed by atoms with Gasteiger partial charge in [-0.25, -0.2) is 0 Å².